The number of hydrogen-bond acceptors (Lipinski definition) is 8. The van der Waals surface area contributed by atoms with Crippen LogP contribution in [-0.4, -0.2) is 86.0 Å². The maximum Gasteiger partial charge on any atom is 0.110 e. The molecule has 4 aliphatic carbocycles. The van der Waals surface area contributed by atoms with Crippen LogP contribution in [0.5, 0.6) is 0 Å². The summed E-state index contributed by atoms with van der Waals surface area (Å²) in [6.07, 6.45) is 17.4. The minimum Gasteiger partial charge on any atom is -0.373 e. The minimum atomic E-state index is -0.216. The molecule has 0 aromatic heterocycles. The zero-order valence-corrected chi connectivity index (χ0v) is 22.9. The molecule has 0 bridgehead atoms. The smallest absolute Gasteiger partial charge is 0.110 e. The first-order valence-electron chi connectivity index (χ1n) is 15.7. The summed E-state index contributed by atoms with van der Waals surface area (Å²) >= 11 is 0. The molecule has 8 nitrogen and oxygen atoms in total. The van der Waals surface area contributed by atoms with E-state index in [9.17, 15) is 0 Å². The number of rotatable bonds is 1. The van der Waals surface area contributed by atoms with Crippen LogP contribution in [0.2, 0.25) is 0 Å². The van der Waals surface area contributed by atoms with E-state index >= 15 is 0 Å². The number of hydrogen-bond donors (Lipinski definition) is 0. The molecule has 4 fully saturated rings. The Bertz CT molecular complexity index is 829. The summed E-state index contributed by atoms with van der Waals surface area (Å²) in [7, 11) is 0. The van der Waals surface area contributed by atoms with Crippen LogP contribution in [0.4, 0.5) is 0 Å². The fourth-order valence-corrected chi connectivity index (χ4v) is 7.32. The van der Waals surface area contributed by atoms with Crippen molar-refractivity contribution in [1.82, 2.24) is 0 Å². The quantitative estimate of drug-likeness (QED) is 0.457. The highest BCUT2D eigenvalue weighted by molar-refractivity contribution is 5.43. The van der Waals surface area contributed by atoms with Crippen LogP contribution in [0.15, 0.2) is 20.0 Å². The highest BCUT2D eigenvalue weighted by Gasteiger charge is 2.39. The standard InChI is InChI=1S/C30H46N4O4/c1-5-13-25-21(9-1)31-19-33-23-11-3-7-15-27(23)37-29(17-35-25)30-18-36-26-14-6-2-10-22(26)32-20-34-24-12-4-8-16-28(24)38-30/h21-30H,1-18H2. The van der Waals surface area contributed by atoms with E-state index in [2.05, 4.69) is 12.0 Å². The summed E-state index contributed by atoms with van der Waals surface area (Å²) in [6, 6.07) is 6.64. The van der Waals surface area contributed by atoms with E-state index in [4.69, 9.17) is 38.9 Å². The number of fused-ring (bicyclic) bond motifs is 4. The minimum absolute atomic E-state index is 0.0351. The van der Waals surface area contributed by atoms with E-state index in [1.54, 1.807) is 0 Å². The van der Waals surface area contributed by atoms with Gasteiger partial charge < -0.3 is 18.9 Å². The van der Waals surface area contributed by atoms with Gasteiger partial charge in [-0.3, -0.25) is 0 Å². The second-order valence-corrected chi connectivity index (χ2v) is 12.3. The zero-order valence-electron chi connectivity index (χ0n) is 22.9. The van der Waals surface area contributed by atoms with E-state index in [1.165, 1.54) is 38.5 Å². The van der Waals surface area contributed by atoms with Crippen LogP contribution in [0.25, 0.3) is 0 Å². The predicted molar refractivity (Wildman–Crippen MR) is 146 cm³/mol. The van der Waals surface area contributed by atoms with Gasteiger partial charge in [0.2, 0.25) is 0 Å². The lowest BCUT2D eigenvalue weighted by atomic mass is 9.92. The Kier molecular flexibility index (Phi) is 9.38. The molecule has 6 aliphatic rings. The maximum absolute atomic E-state index is 6.95. The third kappa shape index (κ3) is 6.66. The van der Waals surface area contributed by atoms with Gasteiger partial charge in [-0.2, -0.15) is 0 Å². The molecule has 4 saturated carbocycles. The second kappa shape index (κ2) is 13.3. The molecule has 0 spiro atoms. The monoisotopic (exact) mass is 526 g/mol. The summed E-state index contributed by atoms with van der Waals surface area (Å²) in [5, 5.41) is 0. The zero-order chi connectivity index (χ0) is 25.6. The first-order chi connectivity index (χ1) is 18.8. The van der Waals surface area contributed by atoms with Crippen molar-refractivity contribution in [3.05, 3.63) is 0 Å². The molecule has 0 amide bonds. The van der Waals surface area contributed by atoms with Gasteiger partial charge in [0.05, 0.1) is 73.8 Å². The van der Waals surface area contributed by atoms with Gasteiger partial charge in [0, 0.05) is 0 Å². The Labute approximate surface area is 227 Å². The van der Waals surface area contributed by atoms with Gasteiger partial charge in [0.1, 0.15) is 12.2 Å². The summed E-state index contributed by atoms with van der Waals surface area (Å²) < 4.78 is 27.1. The van der Waals surface area contributed by atoms with Gasteiger partial charge in [0.25, 0.3) is 0 Å². The molecular formula is C30H46N4O4. The fraction of sp³-hybridized carbons (Fsp3) is 0.933. The number of nitrogens with zero attached hydrogens (tertiary/aromatic N) is 4. The Morgan fingerprint density at radius 2 is 0.684 bits per heavy atom. The Morgan fingerprint density at radius 3 is 1.08 bits per heavy atom. The molecule has 10 unspecified atom stereocenters. The lowest BCUT2D eigenvalue weighted by Gasteiger charge is -2.39. The molecule has 6 rings (SSSR count). The van der Waals surface area contributed by atoms with Crippen molar-refractivity contribution in [1.29, 1.82) is 0 Å². The third-order valence-electron chi connectivity index (χ3n) is 9.63. The summed E-state index contributed by atoms with van der Waals surface area (Å²) in [4.78, 5) is 19.1. The molecule has 2 heterocycles. The molecule has 0 radical (unpaired) electrons. The van der Waals surface area contributed by atoms with Crippen LogP contribution in [0, 0.1) is 0 Å². The Balaban J connectivity index is 1.27. The summed E-state index contributed by atoms with van der Waals surface area (Å²) in [5.41, 5.74) is 0. The van der Waals surface area contributed by atoms with Crippen LogP contribution in [-0.2, 0) is 18.9 Å². The van der Waals surface area contributed by atoms with E-state index in [1.807, 2.05) is 0 Å². The highest BCUT2D eigenvalue weighted by Crippen LogP contribution is 2.32. The van der Waals surface area contributed by atoms with Crippen molar-refractivity contribution in [2.75, 3.05) is 13.2 Å². The average Bonchev–Trinajstić information content (AvgIpc) is 3.01. The number of aliphatic imine (C=N–C) groups is 4. The SMILES string of the molecule is C1=NC2CCCCC2OCC(C2COC3CCCCC3N=C=NC3CCCCC3O2)OC2CCCCC2N=1. The second-order valence-electron chi connectivity index (χ2n) is 12.3. The molecule has 0 saturated heterocycles. The molecule has 210 valence electrons. The van der Waals surface area contributed by atoms with Crippen LogP contribution in [0.3, 0.4) is 0 Å². The topological polar surface area (TPSA) is 86.4 Å². The lowest BCUT2D eigenvalue weighted by Crippen LogP contribution is -2.49. The fourth-order valence-electron chi connectivity index (χ4n) is 7.32. The van der Waals surface area contributed by atoms with Crippen molar-refractivity contribution in [2.24, 2.45) is 20.0 Å². The first-order valence-corrected chi connectivity index (χ1v) is 15.7. The molecule has 10 atom stereocenters. The highest BCUT2D eigenvalue weighted by atomic mass is 16.6. The normalized spacial score (nSPS) is 44.4. The van der Waals surface area contributed by atoms with E-state index in [0.717, 1.165) is 64.2 Å². The van der Waals surface area contributed by atoms with Crippen molar-refractivity contribution >= 4 is 12.0 Å². The molecule has 0 aromatic rings. The maximum atomic E-state index is 6.95. The van der Waals surface area contributed by atoms with Gasteiger partial charge in [-0.05, 0) is 51.4 Å². The van der Waals surface area contributed by atoms with E-state index < -0.39 is 0 Å². The van der Waals surface area contributed by atoms with E-state index in [-0.39, 0.29) is 60.8 Å². The van der Waals surface area contributed by atoms with Gasteiger partial charge in [0.15, 0.2) is 0 Å². The predicted octanol–water partition coefficient (Wildman–Crippen LogP) is 5.41. The third-order valence-corrected chi connectivity index (χ3v) is 9.63. The van der Waals surface area contributed by atoms with Crippen LogP contribution >= 0.6 is 0 Å². The molecule has 2 aliphatic heterocycles. The molecular weight excluding hydrogens is 480 g/mol. The van der Waals surface area contributed by atoms with Crippen molar-refractivity contribution in [3.8, 4) is 0 Å². The van der Waals surface area contributed by atoms with Crippen molar-refractivity contribution < 1.29 is 18.9 Å². The number of ether oxygens (including phenoxy) is 4. The van der Waals surface area contributed by atoms with Crippen LogP contribution < -0.4 is 0 Å². The lowest BCUT2D eigenvalue weighted by molar-refractivity contribution is -0.187. The Morgan fingerprint density at radius 1 is 0.368 bits per heavy atom. The van der Waals surface area contributed by atoms with Gasteiger partial charge in [-0.25, -0.2) is 20.0 Å². The Hall–Kier alpha value is -1.40. The van der Waals surface area contributed by atoms with Crippen molar-refractivity contribution in [3.63, 3.8) is 0 Å². The summed E-state index contributed by atoms with van der Waals surface area (Å²) in [6.45, 7) is 0.998. The van der Waals surface area contributed by atoms with Crippen molar-refractivity contribution in [2.45, 2.75) is 164 Å². The van der Waals surface area contributed by atoms with Gasteiger partial charge in [-0.1, -0.05) is 51.4 Å². The first kappa shape index (κ1) is 26.8. The van der Waals surface area contributed by atoms with Crippen LogP contribution in [0.1, 0.15) is 103 Å². The molecule has 0 N–H and O–H groups in total. The summed E-state index contributed by atoms with van der Waals surface area (Å²) in [5.74, 6) is 0. The van der Waals surface area contributed by atoms with Gasteiger partial charge >= 0.3 is 0 Å². The van der Waals surface area contributed by atoms with E-state index in [0.29, 0.717) is 13.2 Å². The average molecular weight is 527 g/mol. The van der Waals surface area contributed by atoms with Gasteiger partial charge in [-0.15, -0.1) is 0 Å². The molecule has 0 aromatic carbocycles. The molecule has 8 heteroatoms. The largest absolute Gasteiger partial charge is 0.373 e. The molecule has 38 heavy (non-hydrogen) atoms.